The molecule has 0 saturated carbocycles. The van der Waals surface area contributed by atoms with Crippen molar-refractivity contribution in [2.75, 3.05) is 33.7 Å². The molecule has 0 bridgehead atoms. The zero-order chi connectivity index (χ0) is 49.7. The molecule has 14 rings (SSSR count). The van der Waals surface area contributed by atoms with Gasteiger partial charge in [0.05, 0.1) is 0 Å². The summed E-state index contributed by atoms with van der Waals surface area (Å²) in [5.41, 5.74) is 17.2. The van der Waals surface area contributed by atoms with Gasteiger partial charge in [-0.1, -0.05) is 128 Å². The number of nitrogens with zero attached hydrogens (tertiary/aromatic N) is 6. The summed E-state index contributed by atoms with van der Waals surface area (Å²) in [5, 5.41) is 5.35. The van der Waals surface area contributed by atoms with E-state index in [1.807, 2.05) is 146 Å². The third kappa shape index (κ3) is 12.5. The average molecular weight is 1720 g/mol. The predicted molar refractivity (Wildman–Crippen MR) is 299 cm³/mol. The van der Waals surface area contributed by atoms with E-state index in [1.54, 1.807) is 6.20 Å². The number of anilines is 5. The number of fused-ring (bicyclic) bond motifs is 7. The van der Waals surface area contributed by atoms with Crippen LogP contribution in [0.4, 0.5) is 28.4 Å². The number of nitrogens with one attached hydrogen (secondary N) is 1. The van der Waals surface area contributed by atoms with Gasteiger partial charge in [0.1, 0.15) is 5.58 Å². The van der Waals surface area contributed by atoms with Crippen molar-refractivity contribution in [2.24, 2.45) is 0 Å². The standard InChI is InChI=1S/C18H16N2.C17H12N.C16H12N2O.C14H12N2.4Ir/c1-18(2)16-6-4-3-5-14(16)15-8-7-13(11-17(15)18)20-10-9-19-12-20;1-2-7-14(8-3-1)15-9-6-10-16(13-15)17-11-4-5-12-18-17;1-17-9-10-18(11-17)14-7-4-6-13-12-5-2-3-8-15(12)19-16(13)14;1-15-11-16(12-7-3-2-4-8-12)14-10-6-5-9-13(14)15;;;;/h3-6,8-12,19H,1-2H3;1-9,11-13H;2-6,8-11H,1H3;2-7,9-11H,1H3;;;;/q-2;-1;2*-2;;;;. The topological polar surface area (TPSA) is 54.3 Å². The van der Waals surface area contributed by atoms with E-state index in [4.69, 9.17) is 4.42 Å². The molecule has 0 atom stereocenters. The average Bonchev–Trinajstić information content (AvgIpc) is 4.37. The molecule has 1 N–H and O–H groups in total. The van der Waals surface area contributed by atoms with Gasteiger partial charge in [0, 0.05) is 109 Å². The second kappa shape index (κ2) is 26.3. The van der Waals surface area contributed by atoms with Gasteiger partial charge in [0.15, 0.2) is 0 Å². The number of para-hydroxylation sites is 4. The maximum Gasteiger partial charge on any atom is 0.116 e. The predicted octanol–water partition coefficient (Wildman–Crippen LogP) is 14.9. The minimum atomic E-state index is 0. The first-order valence-corrected chi connectivity index (χ1v) is 24.3. The van der Waals surface area contributed by atoms with E-state index in [2.05, 4.69) is 174 Å². The summed E-state index contributed by atoms with van der Waals surface area (Å²) in [6.45, 7) is 10.6. The summed E-state index contributed by atoms with van der Waals surface area (Å²) >= 11 is 0. The molecule has 0 spiro atoms. The summed E-state index contributed by atoms with van der Waals surface area (Å²) in [7, 11) is 4.05. The van der Waals surface area contributed by atoms with Gasteiger partial charge in [-0.2, -0.15) is 80.7 Å². The summed E-state index contributed by atoms with van der Waals surface area (Å²) in [5.74, 6) is 0. The van der Waals surface area contributed by atoms with E-state index < -0.39 is 0 Å². The van der Waals surface area contributed by atoms with Gasteiger partial charge >= 0.3 is 0 Å². The summed E-state index contributed by atoms with van der Waals surface area (Å²) in [6, 6.07) is 77.0. The zero-order valence-electron chi connectivity index (χ0n) is 42.4. The van der Waals surface area contributed by atoms with Gasteiger partial charge in [-0.25, -0.2) is 0 Å². The van der Waals surface area contributed by atoms with Crippen LogP contribution in [0, 0.1) is 44.3 Å². The summed E-state index contributed by atoms with van der Waals surface area (Å²) in [4.78, 5) is 14.7. The van der Waals surface area contributed by atoms with Gasteiger partial charge in [-0.15, -0.1) is 64.0 Å². The number of furan rings is 1. The van der Waals surface area contributed by atoms with Gasteiger partial charge in [-0.3, -0.25) is 0 Å². The van der Waals surface area contributed by atoms with Crippen LogP contribution in [-0.4, -0.2) is 24.0 Å². The normalized spacial score (nSPS) is 13.6. The van der Waals surface area contributed by atoms with Crippen LogP contribution >= 0.6 is 0 Å². The molecule has 12 heteroatoms. The van der Waals surface area contributed by atoms with E-state index >= 15 is 0 Å². The quantitative estimate of drug-likeness (QED) is 0.171. The van der Waals surface area contributed by atoms with Crippen molar-refractivity contribution >= 4 is 50.4 Å². The second-order valence-corrected chi connectivity index (χ2v) is 18.4. The molecule has 0 fully saturated rings. The maximum atomic E-state index is 5.99. The van der Waals surface area contributed by atoms with Gasteiger partial charge in [0.25, 0.3) is 0 Å². The molecular formula is C65H52Ir4N7O-7. The number of hydrogen-bond acceptors (Lipinski definition) is 8. The monoisotopic (exact) mass is 1720 g/mol. The minimum absolute atomic E-state index is 0. The molecule has 2 aromatic heterocycles. The van der Waals surface area contributed by atoms with Crippen LogP contribution in [0.2, 0.25) is 0 Å². The molecular weight excluding hydrogens is 1660 g/mol. The molecule has 3 aliphatic heterocycles. The van der Waals surface area contributed by atoms with Crippen molar-refractivity contribution in [1.29, 1.82) is 0 Å². The molecule has 8 aromatic carbocycles. The molecule has 5 heterocycles. The van der Waals surface area contributed by atoms with Crippen molar-refractivity contribution in [3.05, 3.63) is 274 Å². The third-order valence-electron chi connectivity index (χ3n) is 13.3. The fourth-order valence-electron chi connectivity index (χ4n) is 9.60. The smallest absolute Gasteiger partial charge is 0.116 e. The van der Waals surface area contributed by atoms with Crippen molar-refractivity contribution in [3.63, 3.8) is 0 Å². The number of rotatable bonds is 5. The number of pyridine rings is 1. The zero-order valence-corrected chi connectivity index (χ0v) is 52.0. The van der Waals surface area contributed by atoms with Crippen LogP contribution in [0.25, 0.3) is 55.4 Å². The molecule has 0 amide bonds. The Balaban J connectivity index is 0.000000147. The van der Waals surface area contributed by atoms with Gasteiger partial charge < -0.3 is 39.2 Å². The van der Waals surface area contributed by atoms with E-state index in [0.29, 0.717) is 0 Å². The molecule has 1 aliphatic carbocycles. The Morgan fingerprint density at radius 3 is 2.05 bits per heavy atom. The first-order chi connectivity index (χ1) is 35.8. The Morgan fingerprint density at radius 2 is 1.30 bits per heavy atom. The molecule has 8 nitrogen and oxygen atoms in total. The van der Waals surface area contributed by atoms with Crippen LogP contribution in [0.15, 0.2) is 223 Å². The first-order valence-electron chi connectivity index (χ1n) is 24.3. The van der Waals surface area contributed by atoms with E-state index in [1.165, 1.54) is 44.8 Å². The molecule has 4 radical (unpaired) electrons. The number of hydrogen-bond donors (Lipinski definition) is 1. The second-order valence-electron chi connectivity index (χ2n) is 18.4. The molecule has 396 valence electrons. The van der Waals surface area contributed by atoms with E-state index in [9.17, 15) is 0 Å². The molecule has 0 saturated heterocycles. The van der Waals surface area contributed by atoms with Crippen molar-refractivity contribution in [1.82, 2.24) is 15.2 Å². The summed E-state index contributed by atoms with van der Waals surface area (Å²) < 4.78 is 5.99. The van der Waals surface area contributed by atoms with Crippen LogP contribution < -0.4 is 24.9 Å². The van der Waals surface area contributed by atoms with Crippen LogP contribution in [-0.2, 0) is 85.8 Å². The largest absolute Gasteiger partial charge is 0.521 e. The Morgan fingerprint density at radius 1 is 0.558 bits per heavy atom. The van der Waals surface area contributed by atoms with Gasteiger partial charge in [-0.05, 0) is 85.4 Å². The molecule has 10 aromatic rings. The van der Waals surface area contributed by atoms with Crippen LogP contribution in [0.1, 0.15) is 25.0 Å². The molecule has 4 aliphatic rings. The Hall–Kier alpha value is -6.41. The van der Waals surface area contributed by atoms with E-state index in [-0.39, 0.29) is 85.8 Å². The van der Waals surface area contributed by atoms with Crippen LogP contribution in [0.5, 0.6) is 0 Å². The number of benzene rings is 8. The fourth-order valence-corrected chi connectivity index (χ4v) is 9.60. The maximum absolute atomic E-state index is 5.99. The minimum Gasteiger partial charge on any atom is -0.521 e. The van der Waals surface area contributed by atoms with Crippen molar-refractivity contribution < 1.29 is 84.8 Å². The van der Waals surface area contributed by atoms with Crippen molar-refractivity contribution in [3.8, 4) is 33.5 Å². The van der Waals surface area contributed by atoms with Gasteiger partial charge in [0.2, 0.25) is 0 Å². The third-order valence-corrected chi connectivity index (χ3v) is 13.3. The molecule has 77 heavy (non-hydrogen) atoms. The first kappa shape index (κ1) is 58.3. The van der Waals surface area contributed by atoms with E-state index in [0.717, 1.165) is 50.3 Å². The Kier molecular flexibility index (Phi) is 19.9. The summed E-state index contributed by atoms with van der Waals surface area (Å²) in [6.07, 6.45) is 9.72. The Labute approximate surface area is 506 Å². The van der Waals surface area contributed by atoms with Crippen LogP contribution in [0.3, 0.4) is 0 Å². The SMILES string of the molecule is CC1(C)c2ccccc2-c2c[c-]c(N3C=CN[CH-]3)cc21.CN1C=CN(c2[c-]ccc3c2oc2ccccc23)[CH-]1.CN1[CH-]N(c2[c-]cccc2)c2ccccc21.[Ir].[Ir].[Ir].[Ir].[c-]1ccc(-c2ccccc2)cc1-c1ccccn1. The van der Waals surface area contributed by atoms with Crippen molar-refractivity contribution in [2.45, 2.75) is 19.3 Å². The number of aromatic nitrogens is 1. The Bertz CT molecular complexity index is 3540. The molecule has 0 unspecified atom stereocenters. The fraction of sp³-hybridized carbons (Fsp3) is 0.0769.